The number of phenolic OH excluding ortho intramolecular Hbond substituents is 1. The summed E-state index contributed by atoms with van der Waals surface area (Å²) in [4.78, 5) is 17.7. The topological polar surface area (TPSA) is 70.9 Å². The van der Waals surface area contributed by atoms with Gasteiger partial charge in [0.15, 0.2) is 0 Å². The van der Waals surface area contributed by atoms with Crippen molar-refractivity contribution in [1.29, 1.82) is 0 Å². The molecule has 5 nitrogen and oxygen atoms in total. The number of carbonyl (C=O) groups excluding carboxylic acids is 1. The Hall–Kier alpha value is -2.96. The van der Waals surface area contributed by atoms with E-state index in [2.05, 4.69) is 11.4 Å². The average Bonchev–Trinajstić information content (AvgIpc) is 3.28. The lowest BCUT2D eigenvalue weighted by atomic mass is 9.96. The molecule has 0 saturated carbocycles. The summed E-state index contributed by atoms with van der Waals surface area (Å²) in [6.45, 7) is 0. The summed E-state index contributed by atoms with van der Waals surface area (Å²) in [7, 11) is 1.37. The monoisotopic (exact) mass is 392 g/mol. The van der Waals surface area contributed by atoms with Gasteiger partial charge in [0.2, 0.25) is 0 Å². The number of aromatic hydroxyl groups is 1. The van der Waals surface area contributed by atoms with Crippen LogP contribution in [-0.4, -0.2) is 23.9 Å². The molecule has 2 aromatic carbocycles. The van der Waals surface area contributed by atoms with Crippen molar-refractivity contribution < 1.29 is 14.6 Å². The number of para-hydroxylation sites is 1. The number of benzene rings is 2. The van der Waals surface area contributed by atoms with Gasteiger partial charge in [-0.3, -0.25) is 10.3 Å². The maximum Gasteiger partial charge on any atom is 0.337 e. The lowest BCUT2D eigenvalue weighted by molar-refractivity contribution is 0.0600. The van der Waals surface area contributed by atoms with E-state index in [-0.39, 0.29) is 23.9 Å². The smallest absolute Gasteiger partial charge is 0.337 e. The Balaban J connectivity index is 1.69. The van der Waals surface area contributed by atoms with Gasteiger partial charge in [-0.05, 0) is 35.2 Å². The Morgan fingerprint density at radius 1 is 1.14 bits per heavy atom. The predicted molar refractivity (Wildman–Crippen MR) is 110 cm³/mol. The van der Waals surface area contributed by atoms with Gasteiger partial charge in [-0.25, -0.2) is 4.79 Å². The zero-order valence-electron chi connectivity index (χ0n) is 15.3. The number of thiophene rings is 1. The van der Waals surface area contributed by atoms with E-state index in [0.29, 0.717) is 12.0 Å². The molecule has 1 aliphatic heterocycles. The van der Waals surface area contributed by atoms with Crippen molar-refractivity contribution in [3.05, 3.63) is 87.6 Å². The number of ether oxygens (including phenoxy) is 1. The summed E-state index contributed by atoms with van der Waals surface area (Å²) in [6.07, 6.45) is 0.414. The highest BCUT2D eigenvalue weighted by Gasteiger charge is 2.28. The minimum atomic E-state index is -0.363. The van der Waals surface area contributed by atoms with Gasteiger partial charge < -0.3 is 9.84 Å². The molecule has 0 spiro atoms. The Morgan fingerprint density at radius 3 is 2.61 bits per heavy atom. The standard InChI is InChI=1S/C22H20N2O3S/c1-27-22(26)15-10-8-14(9-11-15)21-23-17(16-5-2-3-6-19(16)25)13-18(24-21)20-7-4-12-28-20/h2-12,17,21,23,25H,13H2,1H3/t17-,21+/m1/s1. The number of phenols is 1. The van der Waals surface area contributed by atoms with Crippen molar-refractivity contribution >= 4 is 23.0 Å². The van der Waals surface area contributed by atoms with Gasteiger partial charge in [-0.2, -0.15) is 0 Å². The molecule has 2 atom stereocenters. The highest BCUT2D eigenvalue weighted by Crippen LogP contribution is 2.35. The van der Waals surface area contributed by atoms with Gasteiger partial charge in [0.25, 0.3) is 0 Å². The largest absolute Gasteiger partial charge is 0.508 e. The van der Waals surface area contributed by atoms with Crippen LogP contribution in [0.5, 0.6) is 5.75 Å². The van der Waals surface area contributed by atoms with Crippen LogP contribution in [0.15, 0.2) is 71.0 Å². The molecular formula is C22H20N2O3S. The first-order chi connectivity index (χ1) is 13.7. The number of hydrogen-bond acceptors (Lipinski definition) is 6. The van der Waals surface area contributed by atoms with Crippen molar-refractivity contribution in [3.63, 3.8) is 0 Å². The molecule has 0 fully saturated rings. The fraction of sp³-hybridized carbons (Fsp3) is 0.182. The molecule has 28 heavy (non-hydrogen) atoms. The number of nitrogens with zero attached hydrogens (tertiary/aromatic N) is 1. The minimum absolute atomic E-state index is 0.0684. The molecule has 1 aliphatic rings. The van der Waals surface area contributed by atoms with E-state index in [1.807, 2.05) is 41.8 Å². The predicted octanol–water partition coefficient (Wildman–Crippen LogP) is 4.46. The van der Waals surface area contributed by atoms with Gasteiger partial charge in [-0.15, -0.1) is 11.3 Å². The lowest BCUT2D eigenvalue weighted by Crippen LogP contribution is -2.32. The first-order valence-corrected chi connectivity index (χ1v) is 9.86. The third-order valence-electron chi connectivity index (χ3n) is 4.81. The number of nitrogens with one attached hydrogen (secondary N) is 1. The third kappa shape index (κ3) is 3.69. The zero-order valence-corrected chi connectivity index (χ0v) is 16.1. The normalized spacial score (nSPS) is 19.1. The van der Waals surface area contributed by atoms with Crippen LogP contribution in [0.4, 0.5) is 0 Å². The fourth-order valence-corrected chi connectivity index (χ4v) is 4.10. The van der Waals surface area contributed by atoms with Gasteiger partial charge in [0, 0.05) is 22.9 Å². The van der Waals surface area contributed by atoms with Crippen LogP contribution in [-0.2, 0) is 4.74 Å². The Bertz CT molecular complexity index is 997. The highest BCUT2D eigenvalue weighted by atomic mass is 32.1. The van der Waals surface area contributed by atoms with Crippen LogP contribution in [0.2, 0.25) is 0 Å². The van der Waals surface area contributed by atoms with Crippen molar-refractivity contribution in [2.24, 2.45) is 4.99 Å². The van der Waals surface area contributed by atoms with Crippen LogP contribution in [0.3, 0.4) is 0 Å². The summed E-state index contributed by atoms with van der Waals surface area (Å²) in [5.74, 6) is -0.0924. The van der Waals surface area contributed by atoms with Crippen LogP contribution in [0.1, 0.15) is 45.0 Å². The van der Waals surface area contributed by atoms with Crippen molar-refractivity contribution in [1.82, 2.24) is 5.32 Å². The number of aliphatic imine (C=N–C) groups is 1. The third-order valence-corrected chi connectivity index (χ3v) is 5.73. The maximum atomic E-state index is 11.7. The molecule has 1 aromatic heterocycles. The molecule has 4 rings (SSSR count). The molecule has 0 unspecified atom stereocenters. The van der Waals surface area contributed by atoms with E-state index in [0.717, 1.165) is 21.7 Å². The van der Waals surface area contributed by atoms with E-state index in [1.54, 1.807) is 29.5 Å². The maximum absolute atomic E-state index is 11.7. The van der Waals surface area contributed by atoms with Crippen molar-refractivity contribution in [2.45, 2.75) is 18.6 Å². The van der Waals surface area contributed by atoms with Crippen LogP contribution in [0, 0.1) is 0 Å². The minimum Gasteiger partial charge on any atom is -0.508 e. The van der Waals surface area contributed by atoms with Crippen LogP contribution < -0.4 is 5.32 Å². The summed E-state index contributed by atoms with van der Waals surface area (Å²) in [5, 5.41) is 15.9. The number of methoxy groups -OCH3 is 1. The molecule has 142 valence electrons. The summed E-state index contributed by atoms with van der Waals surface area (Å²) in [5.41, 5.74) is 3.30. The number of carbonyl (C=O) groups is 1. The quantitative estimate of drug-likeness (QED) is 0.643. The molecule has 0 radical (unpaired) electrons. The number of esters is 1. The average molecular weight is 392 g/mol. The highest BCUT2D eigenvalue weighted by molar-refractivity contribution is 7.12. The van der Waals surface area contributed by atoms with E-state index >= 15 is 0 Å². The summed E-state index contributed by atoms with van der Waals surface area (Å²) < 4.78 is 4.77. The molecule has 0 amide bonds. The van der Waals surface area contributed by atoms with Crippen molar-refractivity contribution in [2.75, 3.05) is 7.11 Å². The lowest BCUT2D eigenvalue weighted by Gasteiger charge is -2.30. The fourth-order valence-electron chi connectivity index (χ4n) is 3.37. The zero-order chi connectivity index (χ0) is 19.5. The molecule has 2 heterocycles. The molecule has 3 aromatic rings. The van der Waals surface area contributed by atoms with Gasteiger partial charge in [0.05, 0.1) is 18.4 Å². The van der Waals surface area contributed by atoms with Gasteiger partial charge >= 0.3 is 5.97 Å². The molecule has 0 bridgehead atoms. The molecule has 0 aliphatic carbocycles. The Labute approximate surface area is 167 Å². The molecule has 2 N–H and O–H groups in total. The second kappa shape index (κ2) is 7.96. The Morgan fingerprint density at radius 2 is 1.93 bits per heavy atom. The second-order valence-electron chi connectivity index (χ2n) is 6.55. The second-order valence-corrected chi connectivity index (χ2v) is 7.50. The van der Waals surface area contributed by atoms with Crippen LogP contribution >= 0.6 is 11.3 Å². The number of hydrogen-bond donors (Lipinski definition) is 2. The SMILES string of the molecule is COC(=O)c1ccc([C@@H]2N=C(c3cccs3)C[C@H](c3ccccc3O)N2)cc1. The number of rotatable bonds is 4. The Kier molecular flexibility index (Phi) is 5.23. The molecular weight excluding hydrogens is 372 g/mol. The van der Waals surface area contributed by atoms with E-state index < -0.39 is 0 Å². The molecule has 6 heteroatoms. The summed E-state index contributed by atoms with van der Waals surface area (Å²) >= 11 is 1.66. The van der Waals surface area contributed by atoms with E-state index in [4.69, 9.17) is 9.73 Å². The first kappa shape index (κ1) is 18.4. The van der Waals surface area contributed by atoms with Gasteiger partial charge in [-0.1, -0.05) is 36.4 Å². The van der Waals surface area contributed by atoms with Gasteiger partial charge in [0.1, 0.15) is 11.9 Å². The van der Waals surface area contributed by atoms with Crippen molar-refractivity contribution in [3.8, 4) is 5.75 Å². The van der Waals surface area contributed by atoms with E-state index in [9.17, 15) is 9.90 Å². The summed E-state index contributed by atoms with van der Waals surface area (Å²) in [6, 6.07) is 18.6. The molecule has 0 saturated heterocycles. The van der Waals surface area contributed by atoms with E-state index in [1.165, 1.54) is 7.11 Å². The van der Waals surface area contributed by atoms with Crippen LogP contribution in [0.25, 0.3) is 0 Å². The first-order valence-electron chi connectivity index (χ1n) is 8.98.